The number of aliphatic hydroxyl groups excluding tert-OH is 1. The Kier molecular flexibility index (Phi) is 4.51. The van der Waals surface area contributed by atoms with Crippen molar-refractivity contribution in [1.82, 2.24) is 0 Å². The predicted octanol–water partition coefficient (Wildman–Crippen LogP) is 2.32. The van der Waals surface area contributed by atoms with Crippen molar-refractivity contribution >= 4 is 5.78 Å². The van der Waals surface area contributed by atoms with Crippen LogP contribution in [0.3, 0.4) is 0 Å². The fourth-order valence-electron chi connectivity index (χ4n) is 1.36. The second-order valence-electron chi connectivity index (χ2n) is 3.36. The molecule has 0 aliphatic rings. The highest BCUT2D eigenvalue weighted by molar-refractivity contribution is 6.00. The van der Waals surface area contributed by atoms with Crippen LogP contribution >= 0.6 is 0 Å². The molecule has 0 unspecified atom stereocenters. The lowest BCUT2D eigenvalue weighted by molar-refractivity contribution is 0.0812. The van der Waals surface area contributed by atoms with Crippen molar-refractivity contribution in [2.45, 2.75) is 25.5 Å². The molecule has 84 valence electrons. The zero-order chi connectivity index (χ0) is 12.0. The van der Waals surface area contributed by atoms with E-state index < -0.39 is 12.1 Å². The number of aliphatic hydroxyl groups is 1. The van der Waals surface area contributed by atoms with Crippen LogP contribution in [0.5, 0.6) is 0 Å². The van der Waals surface area contributed by atoms with Gasteiger partial charge in [0, 0.05) is 10.5 Å². The first-order chi connectivity index (χ1) is 7.70. The number of hydrogen-bond donors (Lipinski definition) is 1. The summed E-state index contributed by atoms with van der Waals surface area (Å²) in [7, 11) is 0. The van der Waals surface area contributed by atoms with Crippen molar-refractivity contribution in [3.8, 4) is 0 Å². The lowest BCUT2D eigenvalue weighted by Gasteiger charge is -2.15. The first-order valence-electron chi connectivity index (χ1n) is 5.02. The number of carbonyl (C=O) groups excluding carboxylic acids is 1. The molecule has 16 heavy (non-hydrogen) atoms. The maximum Gasteiger partial charge on any atom is 0.174 e. The van der Waals surface area contributed by atoms with Crippen LogP contribution in [-0.4, -0.2) is 23.0 Å². The third-order valence-electron chi connectivity index (χ3n) is 2.29. The first kappa shape index (κ1) is 12.2. The highest BCUT2D eigenvalue weighted by Crippen LogP contribution is 2.12. The number of hydrogen-bond acceptors (Lipinski definition) is 3. The minimum absolute atomic E-state index is 0.354. The van der Waals surface area contributed by atoms with Crippen molar-refractivity contribution in [3.05, 3.63) is 46.3 Å². The molecule has 5 heteroatoms. The highest BCUT2D eigenvalue weighted by Gasteiger charge is 2.25. The summed E-state index contributed by atoms with van der Waals surface area (Å²) in [6.45, 7) is 1.73. The Labute approximate surface area is 93.3 Å². The number of carbonyl (C=O) groups is 1. The Hall–Kier alpha value is -1.84. The molecule has 0 saturated carbocycles. The van der Waals surface area contributed by atoms with E-state index >= 15 is 0 Å². The second kappa shape index (κ2) is 5.90. The summed E-state index contributed by atoms with van der Waals surface area (Å²) in [4.78, 5) is 14.5. The molecule has 0 fully saturated rings. The van der Waals surface area contributed by atoms with Crippen LogP contribution < -0.4 is 0 Å². The molecule has 0 bridgehead atoms. The monoisotopic (exact) mass is 219 g/mol. The van der Waals surface area contributed by atoms with Crippen LogP contribution in [-0.2, 0) is 0 Å². The van der Waals surface area contributed by atoms with E-state index in [0.717, 1.165) is 0 Å². The Bertz CT molecular complexity index is 399. The number of Topliss-reactive ketones (excluding diaryl/α,β-unsaturated/α-hetero) is 1. The normalized spacial score (nSPS) is 13.6. The van der Waals surface area contributed by atoms with Crippen LogP contribution in [0, 0.1) is 0 Å². The summed E-state index contributed by atoms with van der Waals surface area (Å²) >= 11 is 0. The smallest absolute Gasteiger partial charge is 0.174 e. The van der Waals surface area contributed by atoms with Crippen LogP contribution in [0.1, 0.15) is 23.7 Å². The maximum absolute atomic E-state index is 11.9. The zero-order valence-electron chi connectivity index (χ0n) is 8.95. The average molecular weight is 219 g/mol. The largest absolute Gasteiger partial charge is 0.392 e. The van der Waals surface area contributed by atoms with E-state index in [9.17, 15) is 9.90 Å². The lowest BCUT2D eigenvalue weighted by Crippen LogP contribution is -2.31. The molecule has 0 saturated heterocycles. The van der Waals surface area contributed by atoms with E-state index in [1.54, 1.807) is 37.3 Å². The third kappa shape index (κ3) is 2.82. The predicted molar refractivity (Wildman–Crippen MR) is 60.0 cm³/mol. The summed E-state index contributed by atoms with van der Waals surface area (Å²) in [5.41, 5.74) is 8.81. The third-order valence-corrected chi connectivity index (χ3v) is 2.29. The molecule has 0 amide bonds. The molecule has 0 spiro atoms. The number of nitrogens with zero attached hydrogens (tertiary/aromatic N) is 3. The summed E-state index contributed by atoms with van der Waals surface area (Å²) in [6, 6.07) is 7.44. The van der Waals surface area contributed by atoms with E-state index in [-0.39, 0.29) is 5.78 Å². The number of azide groups is 1. The van der Waals surface area contributed by atoms with Gasteiger partial charge in [-0.05, 0) is 12.0 Å². The van der Waals surface area contributed by atoms with Crippen LogP contribution in [0.15, 0.2) is 35.4 Å². The summed E-state index contributed by atoms with van der Waals surface area (Å²) in [5.74, 6) is -0.354. The van der Waals surface area contributed by atoms with Gasteiger partial charge in [-0.1, -0.05) is 42.4 Å². The molecule has 1 aromatic rings. The van der Waals surface area contributed by atoms with Gasteiger partial charge in [-0.3, -0.25) is 4.79 Å². The number of rotatable bonds is 5. The number of ketones is 1. The van der Waals surface area contributed by atoms with Crippen molar-refractivity contribution < 1.29 is 9.90 Å². The molecular weight excluding hydrogens is 206 g/mol. The molecular formula is C11H13N3O2. The van der Waals surface area contributed by atoms with Crippen molar-refractivity contribution in [3.63, 3.8) is 0 Å². The fraction of sp³-hybridized carbons (Fsp3) is 0.364. The van der Waals surface area contributed by atoms with E-state index in [0.29, 0.717) is 12.0 Å². The van der Waals surface area contributed by atoms with Gasteiger partial charge < -0.3 is 5.11 Å². The number of benzene rings is 1. The lowest BCUT2D eigenvalue weighted by atomic mass is 9.99. The van der Waals surface area contributed by atoms with Gasteiger partial charge in [0.05, 0.1) is 6.10 Å². The maximum atomic E-state index is 11.9. The first-order valence-corrected chi connectivity index (χ1v) is 5.02. The minimum Gasteiger partial charge on any atom is -0.392 e. The van der Waals surface area contributed by atoms with Crippen molar-refractivity contribution in [2.24, 2.45) is 5.11 Å². The van der Waals surface area contributed by atoms with E-state index in [2.05, 4.69) is 10.0 Å². The van der Waals surface area contributed by atoms with Crippen molar-refractivity contribution in [1.29, 1.82) is 0 Å². The molecule has 1 N–H and O–H groups in total. The molecule has 0 aliphatic carbocycles. The van der Waals surface area contributed by atoms with Gasteiger partial charge in [0.2, 0.25) is 0 Å². The Morgan fingerprint density at radius 2 is 2.12 bits per heavy atom. The quantitative estimate of drug-likeness (QED) is 0.356. The van der Waals surface area contributed by atoms with E-state index in [1.807, 2.05) is 0 Å². The SMILES string of the molecule is CC[C@H](O)[C@H](N=[N+]=[N-])C(=O)c1ccccc1. The molecule has 1 aromatic carbocycles. The van der Waals surface area contributed by atoms with Gasteiger partial charge in [-0.25, -0.2) is 0 Å². The Morgan fingerprint density at radius 3 is 2.62 bits per heavy atom. The zero-order valence-corrected chi connectivity index (χ0v) is 8.95. The van der Waals surface area contributed by atoms with Gasteiger partial charge in [0.15, 0.2) is 5.78 Å². The summed E-state index contributed by atoms with van der Waals surface area (Å²) in [6.07, 6.45) is -0.578. The Morgan fingerprint density at radius 1 is 1.50 bits per heavy atom. The van der Waals surface area contributed by atoms with Gasteiger partial charge in [-0.15, -0.1) is 0 Å². The topological polar surface area (TPSA) is 86.1 Å². The van der Waals surface area contributed by atoms with Gasteiger partial charge in [0.1, 0.15) is 6.04 Å². The molecule has 0 heterocycles. The molecule has 0 radical (unpaired) electrons. The molecule has 1 rings (SSSR count). The molecule has 2 atom stereocenters. The highest BCUT2D eigenvalue weighted by atomic mass is 16.3. The standard InChI is InChI=1S/C11H13N3O2/c1-2-9(15)10(13-14-12)11(16)8-6-4-3-5-7-8/h3-7,9-10,15H,2H2,1H3/t9-,10-/m0/s1. The second-order valence-corrected chi connectivity index (χ2v) is 3.36. The molecule has 0 aliphatic heterocycles. The van der Waals surface area contributed by atoms with Gasteiger partial charge in [0.25, 0.3) is 0 Å². The minimum atomic E-state index is -1.04. The van der Waals surface area contributed by atoms with Crippen molar-refractivity contribution in [2.75, 3.05) is 0 Å². The van der Waals surface area contributed by atoms with E-state index in [4.69, 9.17) is 5.53 Å². The summed E-state index contributed by atoms with van der Waals surface area (Å²) < 4.78 is 0. The molecule has 0 aromatic heterocycles. The fourth-order valence-corrected chi connectivity index (χ4v) is 1.36. The van der Waals surface area contributed by atoms with Crippen LogP contribution in [0.25, 0.3) is 10.4 Å². The van der Waals surface area contributed by atoms with E-state index in [1.165, 1.54) is 0 Å². The Balaban J connectivity index is 2.96. The molecule has 5 nitrogen and oxygen atoms in total. The van der Waals surface area contributed by atoms with Gasteiger partial charge in [-0.2, -0.15) is 0 Å². The van der Waals surface area contributed by atoms with Gasteiger partial charge >= 0.3 is 0 Å². The average Bonchev–Trinajstić information content (AvgIpc) is 2.35. The van der Waals surface area contributed by atoms with Crippen LogP contribution in [0.4, 0.5) is 0 Å². The summed E-state index contributed by atoms with van der Waals surface area (Å²) in [5, 5.41) is 12.9. The van der Waals surface area contributed by atoms with Crippen LogP contribution in [0.2, 0.25) is 0 Å².